The predicted octanol–water partition coefficient (Wildman–Crippen LogP) is 5.33. The monoisotopic (exact) mass is 384 g/mol. The molecule has 0 bridgehead atoms. The van der Waals surface area contributed by atoms with Gasteiger partial charge < -0.3 is 10.1 Å². The second kappa shape index (κ2) is 6.85. The predicted molar refractivity (Wildman–Crippen MR) is 91.2 cm³/mol. The summed E-state index contributed by atoms with van der Waals surface area (Å²) in [6.07, 6.45) is -4.75. The molecule has 0 aliphatic carbocycles. The Balaban J connectivity index is 1.67. The van der Waals surface area contributed by atoms with E-state index in [9.17, 15) is 18.0 Å². The zero-order valence-electron chi connectivity index (χ0n) is 12.8. The lowest BCUT2D eigenvalue weighted by Gasteiger charge is -2.09. The zero-order chi connectivity index (χ0) is 18.0. The second-order valence-electron chi connectivity index (χ2n) is 4.97. The Morgan fingerprint density at radius 2 is 1.88 bits per heavy atom. The van der Waals surface area contributed by atoms with E-state index in [0.717, 1.165) is 26.9 Å². The molecule has 2 heterocycles. The van der Waals surface area contributed by atoms with Crippen LogP contribution in [-0.4, -0.2) is 17.3 Å². The number of nitrogens with zero attached hydrogens (tertiary/aromatic N) is 1. The summed E-state index contributed by atoms with van der Waals surface area (Å²) in [6.45, 7) is 1.99. The van der Waals surface area contributed by atoms with Crippen LogP contribution in [0.4, 0.5) is 18.9 Å². The molecule has 1 amide bonds. The highest BCUT2D eigenvalue weighted by Crippen LogP contribution is 2.30. The van der Waals surface area contributed by atoms with E-state index in [1.807, 2.05) is 19.1 Å². The number of hydrogen-bond acceptors (Lipinski definition) is 5. The number of nitrogens with one attached hydrogen (secondary N) is 1. The average Bonchev–Trinajstić information content (AvgIpc) is 3.16. The molecule has 0 aliphatic rings. The van der Waals surface area contributed by atoms with Gasteiger partial charge in [-0.3, -0.25) is 4.79 Å². The van der Waals surface area contributed by atoms with Crippen LogP contribution in [0.2, 0.25) is 0 Å². The number of carbonyl (C=O) groups is 1. The molecule has 0 unspecified atom stereocenters. The van der Waals surface area contributed by atoms with Crippen molar-refractivity contribution in [1.29, 1.82) is 0 Å². The summed E-state index contributed by atoms with van der Waals surface area (Å²) in [5.41, 5.74) is 0.600. The molecule has 3 aromatic rings. The van der Waals surface area contributed by atoms with E-state index < -0.39 is 12.3 Å². The summed E-state index contributed by atoms with van der Waals surface area (Å²) in [6, 6.07) is 8.84. The number of thiazole rings is 1. The van der Waals surface area contributed by atoms with E-state index in [1.165, 1.54) is 23.5 Å². The zero-order valence-corrected chi connectivity index (χ0v) is 14.4. The minimum absolute atomic E-state index is 0.252. The summed E-state index contributed by atoms with van der Waals surface area (Å²) in [4.78, 5) is 18.6. The molecule has 0 saturated heterocycles. The Hall–Kier alpha value is -2.39. The van der Waals surface area contributed by atoms with E-state index in [1.54, 1.807) is 16.7 Å². The van der Waals surface area contributed by atoms with Gasteiger partial charge in [0.05, 0.1) is 4.88 Å². The number of alkyl halides is 3. The van der Waals surface area contributed by atoms with Crippen molar-refractivity contribution in [3.63, 3.8) is 0 Å². The Morgan fingerprint density at radius 1 is 1.16 bits per heavy atom. The van der Waals surface area contributed by atoms with Crippen LogP contribution in [0.3, 0.4) is 0 Å². The van der Waals surface area contributed by atoms with Gasteiger partial charge in [-0.05, 0) is 43.3 Å². The van der Waals surface area contributed by atoms with Crippen molar-refractivity contribution in [3.8, 4) is 15.6 Å². The van der Waals surface area contributed by atoms with Crippen molar-refractivity contribution >= 4 is 34.3 Å². The number of carbonyl (C=O) groups excluding carboxylic acids is 1. The first kappa shape index (κ1) is 17.4. The van der Waals surface area contributed by atoms with Crippen LogP contribution >= 0.6 is 22.7 Å². The number of rotatable bonds is 4. The minimum atomic E-state index is -4.75. The molecule has 1 N–H and O–H groups in total. The maximum Gasteiger partial charge on any atom is 0.573 e. The Morgan fingerprint density at radius 3 is 2.48 bits per heavy atom. The van der Waals surface area contributed by atoms with E-state index in [0.29, 0.717) is 5.69 Å². The second-order valence-corrected chi connectivity index (χ2v) is 7.12. The van der Waals surface area contributed by atoms with Gasteiger partial charge in [0.15, 0.2) is 0 Å². The first-order chi connectivity index (χ1) is 11.8. The average molecular weight is 384 g/mol. The molecule has 0 spiro atoms. The molecular weight excluding hydrogens is 373 g/mol. The van der Waals surface area contributed by atoms with Crippen molar-refractivity contribution in [2.45, 2.75) is 13.3 Å². The largest absolute Gasteiger partial charge is 0.573 e. The van der Waals surface area contributed by atoms with Gasteiger partial charge in [0.2, 0.25) is 0 Å². The number of benzene rings is 1. The van der Waals surface area contributed by atoms with Crippen LogP contribution in [0.5, 0.6) is 5.75 Å². The fourth-order valence-corrected chi connectivity index (χ4v) is 3.72. The third-order valence-electron chi connectivity index (χ3n) is 3.03. The molecule has 0 atom stereocenters. The number of amides is 1. The van der Waals surface area contributed by atoms with E-state index in [2.05, 4.69) is 15.0 Å². The van der Waals surface area contributed by atoms with Crippen LogP contribution in [-0.2, 0) is 0 Å². The lowest BCUT2D eigenvalue weighted by molar-refractivity contribution is -0.274. The van der Waals surface area contributed by atoms with E-state index in [-0.39, 0.29) is 11.4 Å². The van der Waals surface area contributed by atoms with Gasteiger partial charge in [0, 0.05) is 15.9 Å². The van der Waals surface area contributed by atoms with Gasteiger partial charge in [-0.25, -0.2) is 4.98 Å². The van der Waals surface area contributed by atoms with Crippen molar-refractivity contribution in [1.82, 2.24) is 4.98 Å². The normalized spacial score (nSPS) is 11.4. The number of halogens is 3. The van der Waals surface area contributed by atoms with Crippen molar-refractivity contribution in [2.24, 2.45) is 0 Å². The third kappa shape index (κ3) is 4.58. The molecule has 0 aliphatic heterocycles. The Bertz CT molecular complexity index is 885. The highest BCUT2D eigenvalue weighted by molar-refractivity contribution is 7.21. The Kier molecular flexibility index (Phi) is 4.78. The summed E-state index contributed by atoms with van der Waals surface area (Å²) < 4.78 is 40.1. The van der Waals surface area contributed by atoms with Crippen LogP contribution in [0.15, 0.2) is 41.8 Å². The summed E-state index contributed by atoms with van der Waals surface area (Å²) in [5.74, 6) is -0.783. The standard InChI is InChI=1S/C16H11F3N2O2S2/c1-9-2-7-13(25-9)15-21-12(8-24-15)14(22)20-10-3-5-11(6-4-10)23-16(17,18)19/h2-8H,1H3,(H,20,22). The molecule has 4 nitrogen and oxygen atoms in total. The van der Waals surface area contributed by atoms with Gasteiger partial charge in [-0.1, -0.05) is 0 Å². The minimum Gasteiger partial charge on any atom is -0.406 e. The van der Waals surface area contributed by atoms with Crippen LogP contribution < -0.4 is 10.1 Å². The molecule has 0 fully saturated rings. The Labute approximate surface area is 148 Å². The SMILES string of the molecule is Cc1ccc(-c2nc(C(=O)Nc3ccc(OC(F)(F)F)cc3)cs2)s1. The van der Waals surface area contributed by atoms with Crippen LogP contribution in [0.1, 0.15) is 15.4 Å². The summed E-state index contributed by atoms with van der Waals surface area (Å²) >= 11 is 2.94. The molecule has 0 radical (unpaired) electrons. The van der Waals surface area contributed by atoms with Gasteiger partial charge >= 0.3 is 6.36 Å². The first-order valence-corrected chi connectivity index (χ1v) is 8.69. The first-order valence-electron chi connectivity index (χ1n) is 7.00. The molecule has 0 saturated carbocycles. The van der Waals surface area contributed by atoms with Crippen molar-refractivity contribution in [2.75, 3.05) is 5.32 Å². The smallest absolute Gasteiger partial charge is 0.406 e. The quantitative estimate of drug-likeness (QED) is 0.661. The molecule has 1 aromatic carbocycles. The van der Waals surface area contributed by atoms with E-state index in [4.69, 9.17) is 0 Å². The summed E-state index contributed by atoms with van der Waals surface area (Å²) in [5, 5.41) is 4.98. The molecule has 130 valence electrons. The lowest BCUT2D eigenvalue weighted by Crippen LogP contribution is -2.17. The van der Waals surface area contributed by atoms with E-state index >= 15 is 0 Å². The van der Waals surface area contributed by atoms with Crippen molar-refractivity contribution in [3.05, 3.63) is 52.3 Å². The van der Waals surface area contributed by atoms with Gasteiger partial charge in [-0.15, -0.1) is 35.8 Å². The van der Waals surface area contributed by atoms with Gasteiger partial charge in [0.25, 0.3) is 5.91 Å². The maximum absolute atomic E-state index is 12.2. The molecular formula is C16H11F3N2O2S2. The number of aromatic nitrogens is 1. The highest BCUT2D eigenvalue weighted by atomic mass is 32.1. The van der Waals surface area contributed by atoms with Crippen LogP contribution in [0.25, 0.3) is 9.88 Å². The molecule has 25 heavy (non-hydrogen) atoms. The molecule has 3 rings (SSSR count). The number of ether oxygens (including phenoxy) is 1. The maximum atomic E-state index is 12.2. The highest BCUT2D eigenvalue weighted by Gasteiger charge is 2.31. The van der Waals surface area contributed by atoms with Crippen LogP contribution in [0, 0.1) is 6.92 Å². The van der Waals surface area contributed by atoms with Gasteiger partial charge in [0.1, 0.15) is 16.5 Å². The van der Waals surface area contributed by atoms with Crippen molar-refractivity contribution < 1.29 is 22.7 Å². The fraction of sp³-hybridized carbons (Fsp3) is 0.125. The topological polar surface area (TPSA) is 51.2 Å². The number of hydrogen-bond donors (Lipinski definition) is 1. The lowest BCUT2D eigenvalue weighted by atomic mass is 10.3. The number of aryl methyl sites for hydroxylation is 1. The number of thiophene rings is 1. The molecule has 2 aromatic heterocycles. The fourth-order valence-electron chi connectivity index (χ4n) is 1.98. The number of anilines is 1. The van der Waals surface area contributed by atoms with Gasteiger partial charge in [-0.2, -0.15) is 0 Å². The molecule has 9 heteroatoms. The summed E-state index contributed by atoms with van der Waals surface area (Å²) in [7, 11) is 0. The third-order valence-corrected chi connectivity index (χ3v) is 5.05.